The minimum absolute atomic E-state index is 0.201. The van der Waals surface area contributed by atoms with Crippen molar-refractivity contribution in [3.8, 4) is 0 Å². The van der Waals surface area contributed by atoms with Crippen molar-refractivity contribution in [1.29, 1.82) is 0 Å². The Kier molecular flexibility index (Phi) is 3.00. The van der Waals surface area contributed by atoms with Gasteiger partial charge in [-0.25, -0.2) is 4.39 Å². The molecule has 88 valence electrons. The van der Waals surface area contributed by atoms with Crippen LogP contribution in [-0.2, 0) is 0 Å². The van der Waals surface area contributed by atoms with Gasteiger partial charge in [-0.05, 0) is 55.3 Å². The SMILES string of the molecule is Cc1ccc(N)c(Nc2ccc(F)c(C)c2)c1. The first kappa shape index (κ1) is 11.5. The molecule has 0 saturated carbocycles. The maximum Gasteiger partial charge on any atom is 0.126 e. The third-order valence-corrected chi connectivity index (χ3v) is 2.65. The predicted octanol–water partition coefficient (Wildman–Crippen LogP) is 3.77. The van der Waals surface area contributed by atoms with Crippen molar-refractivity contribution in [3.63, 3.8) is 0 Å². The first-order chi connectivity index (χ1) is 8.06. The molecule has 3 heteroatoms. The fourth-order valence-electron chi connectivity index (χ4n) is 1.66. The highest BCUT2D eigenvalue weighted by Gasteiger charge is 2.02. The summed E-state index contributed by atoms with van der Waals surface area (Å²) in [6.45, 7) is 3.74. The largest absolute Gasteiger partial charge is 0.397 e. The number of anilines is 3. The second kappa shape index (κ2) is 4.45. The van der Waals surface area contributed by atoms with Crippen LogP contribution in [0.25, 0.3) is 0 Å². The van der Waals surface area contributed by atoms with Crippen molar-refractivity contribution < 1.29 is 4.39 Å². The number of halogens is 1. The minimum Gasteiger partial charge on any atom is -0.397 e. The lowest BCUT2D eigenvalue weighted by atomic mass is 10.1. The van der Waals surface area contributed by atoms with Crippen LogP contribution in [-0.4, -0.2) is 0 Å². The zero-order valence-corrected chi connectivity index (χ0v) is 9.92. The third-order valence-electron chi connectivity index (χ3n) is 2.65. The lowest BCUT2D eigenvalue weighted by molar-refractivity contribution is 0.619. The average molecular weight is 230 g/mol. The van der Waals surface area contributed by atoms with Gasteiger partial charge in [0.1, 0.15) is 5.82 Å². The monoisotopic (exact) mass is 230 g/mol. The van der Waals surface area contributed by atoms with Gasteiger partial charge in [0.2, 0.25) is 0 Å². The minimum atomic E-state index is -0.201. The second-order valence-electron chi connectivity index (χ2n) is 4.18. The van der Waals surface area contributed by atoms with Gasteiger partial charge < -0.3 is 11.1 Å². The molecule has 0 aliphatic rings. The van der Waals surface area contributed by atoms with Crippen molar-refractivity contribution in [2.45, 2.75) is 13.8 Å². The van der Waals surface area contributed by atoms with Crippen LogP contribution in [0, 0.1) is 19.7 Å². The molecule has 0 fully saturated rings. The molecule has 17 heavy (non-hydrogen) atoms. The summed E-state index contributed by atoms with van der Waals surface area (Å²) >= 11 is 0. The topological polar surface area (TPSA) is 38.0 Å². The maximum absolute atomic E-state index is 13.1. The lowest BCUT2D eigenvalue weighted by Gasteiger charge is -2.11. The fraction of sp³-hybridized carbons (Fsp3) is 0.143. The molecule has 0 heterocycles. The molecule has 0 amide bonds. The van der Waals surface area contributed by atoms with Crippen molar-refractivity contribution in [1.82, 2.24) is 0 Å². The van der Waals surface area contributed by atoms with Crippen LogP contribution < -0.4 is 11.1 Å². The Morgan fingerprint density at radius 1 is 1.06 bits per heavy atom. The van der Waals surface area contributed by atoms with E-state index in [-0.39, 0.29) is 5.82 Å². The molecule has 3 N–H and O–H groups in total. The molecule has 0 aliphatic heterocycles. The van der Waals surface area contributed by atoms with Gasteiger partial charge in [0.25, 0.3) is 0 Å². The van der Waals surface area contributed by atoms with Gasteiger partial charge in [-0.3, -0.25) is 0 Å². The fourth-order valence-corrected chi connectivity index (χ4v) is 1.66. The summed E-state index contributed by atoms with van der Waals surface area (Å²) in [4.78, 5) is 0. The van der Waals surface area contributed by atoms with E-state index in [1.165, 1.54) is 6.07 Å². The Bertz CT molecular complexity index is 550. The molecule has 2 aromatic rings. The van der Waals surface area contributed by atoms with E-state index in [1.54, 1.807) is 19.1 Å². The van der Waals surface area contributed by atoms with Crippen molar-refractivity contribution in [3.05, 3.63) is 53.3 Å². The normalized spacial score (nSPS) is 10.3. The Morgan fingerprint density at radius 2 is 1.82 bits per heavy atom. The number of rotatable bonds is 2. The predicted molar refractivity (Wildman–Crippen MR) is 70.0 cm³/mol. The first-order valence-corrected chi connectivity index (χ1v) is 5.45. The molecule has 2 rings (SSSR count). The van der Waals surface area contributed by atoms with Gasteiger partial charge in [0.15, 0.2) is 0 Å². The van der Waals surface area contributed by atoms with Crippen LogP contribution in [0.2, 0.25) is 0 Å². The van der Waals surface area contributed by atoms with E-state index < -0.39 is 0 Å². The van der Waals surface area contributed by atoms with Gasteiger partial charge in [0.05, 0.1) is 11.4 Å². The Morgan fingerprint density at radius 3 is 2.53 bits per heavy atom. The van der Waals surface area contributed by atoms with Crippen LogP contribution in [0.15, 0.2) is 36.4 Å². The molecule has 0 unspecified atom stereocenters. The highest BCUT2D eigenvalue weighted by atomic mass is 19.1. The number of aryl methyl sites for hydroxylation is 2. The molecule has 2 aromatic carbocycles. The van der Waals surface area contributed by atoms with Gasteiger partial charge in [0, 0.05) is 5.69 Å². The molecular formula is C14H15FN2. The summed E-state index contributed by atoms with van der Waals surface area (Å²) in [7, 11) is 0. The van der Waals surface area contributed by atoms with E-state index in [9.17, 15) is 4.39 Å². The standard InChI is InChI=1S/C14H15FN2/c1-9-3-6-13(16)14(7-9)17-11-4-5-12(15)10(2)8-11/h3-8,17H,16H2,1-2H3. The second-order valence-corrected chi connectivity index (χ2v) is 4.18. The van der Waals surface area contributed by atoms with Gasteiger partial charge in [-0.15, -0.1) is 0 Å². The van der Waals surface area contributed by atoms with E-state index in [4.69, 9.17) is 5.73 Å². The number of nitrogens with one attached hydrogen (secondary N) is 1. The molecule has 0 aliphatic carbocycles. The van der Waals surface area contributed by atoms with Crippen LogP contribution in [0.5, 0.6) is 0 Å². The van der Waals surface area contributed by atoms with Gasteiger partial charge >= 0.3 is 0 Å². The summed E-state index contributed by atoms with van der Waals surface area (Å²) in [5.41, 5.74) is 9.96. The Labute approximate surface area is 100 Å². The van der Waals surface area contributed by atoms with E-state index in [1.807, 2.05) is 25.1 Å². The number of hydrogen-bond donors (Lipinski definition) is 2. The van der Waals surface area contributed by atoms with Crippen LogP contribution in [0.1, 0.15) is 11.1 Å². The molecule has 0 bridgehead atoms. The third kappa shape index (κ3) is 2.56. The molecule has 0 spiro atoms. The van der Waals surface area contributed by atoms with E-state index in [2.05, 4.69) is 5.32 Å². The summed E-state index contributed by atoms with van der Waals surface area (Å²) in [6.07, 6.45) is 0. The number of benzene rings is 2. The summed E-state index contributed by atoms with van der Waals surface area (Å²) in [5, 5.41) is 3.19. The number of hydrogen-bond acceptors (Lipinski definition) is 2. The maximum atomic E-state index is 13.1. The smallest absolute Gasteiger partial charge is 0.126 e. The molecule has 2 nitrogen and oxygen atoms in total. The van der Waals surface area contributed by atoms with Crippen molar-refractivity contribution >= 4 is 17.1 Å². The Hall–Kier alpha value is -2.03. The zero-order chi connectivity index (χ0) is 12.4. The lowest BCUT2D eigenvalue weighted by Crippen LogP contribution is -1.97. The molecule has 0 atom stereocenters. The summed E-state index contributed by atoms with van der Waals surface area (Å²) < 4.78 is 13.1. The van der Waals surface area contributed by atoms with Crippen molar-refractivity contribution in [2.24, 2.45) is 0 Å². The average Bonchev–Trinajstić information content (AvgIpc) is 2.29. The highest BCUT2D eigenvalue weighted by molar-refractivity contribution is 5.73. The summed E-state index contributed by atoms with van der Waals surface area (Å²) in [6, 6.07) is 10.7. The van der Waals surface area contributed by atoms with Crippen molar-refractivity contribution in [2.75, 3.05) is 11.1 Å². The van der Waals surface area contributed by atoms with Crippen LogP contribution in [0.4, 0.5) is 21.5 Å². The van der Waals surface area contributed by atoms with E-state index in [0.717, 1.165) is 16.9 Å². The number of nitrogen functional groups attached to an aromatic ring is 1. The zero-order valence-electron chi connectivity index (χ0n) is 9.92. The van der Waals surface area contributed by atoms with Crippen LogP contribution in [0.3, 0.4) is 0 Å². The molecule has 0 radical (unpaired) electrons. The molecule has 0 aromatic heterocycles. The van der Waals surface area contributed by atoms with E-state index in [0.29, 0.717) is 11.3 Å². The number of nitrogens with two attached hydrogens (primary N) is 1. The first-order valence-electron chi connectivity index (χ1n) is 5.45. The van der Waals surface area contributed by atoms with Crippen LogP contribution >= 0.6 is 0 Å². The Balaban J connectivity index is 2.31. The highest BCUT2D eigenvalue weighted by Crippen LogP contribution is 2.25. The molecular weight excluding hydrogens is 215 g/mol. The summed E-state index contributed by atoms with van der Waals surface area (Å²) in [5.74, 6) is -0.201. The van der Waals surface area contributed by atoms with E-state index >= 15 is 0 Å². The molecule has 0 saturated heterocycles. The quantitative estimate of drug-likeness (QED) is 0.771. The van der Waals surface area contributed by atoms with Gasteiger partial charge in [-0.2, -0.15) is 0 Å². The van der Waals surface area contributed by atoms with Gasteiger partial charge in [-0.1, -0.05) is 6.07 Å².